The molecule has 0 aromatic heterocycles. The monoisotopic (exact) mass is 337 g/mol. The summed E-state index contributed by atoms with van der Waals surface area (Å²) in [5, 5.41) is 11.1. The van der Waals surface area contributed by atoms with E-state index < -0.39 is 5.54 Å². The summed E-state index contributed by atoms with van der Waals surface area (Å²) in [4.78, 5) is 13.5. The lowest BCUT2D eigenvalue weighted by molar-refractivity contribution is -0.129. The Balaban J connectivity index is 1.70. The average molecular weight is 337 g/mol. The first-order valence-electron chi connectivity index (χ1n) is 8.10. The summed E-state index contributed by atoms with van der Waals surface area (Å²) < 4.78 is 10.8. The number of benzene rings is 2. The van der Waals surface area contributed by atoms with Crippen LogP contribution >= 0.6 is 0 Å². The third-order valence-corrected chi connectivity index (χ3v) is 4.81. The highest BCUT2D eigenvalue weighted by Gasteiger charge is 2.37. The quantitative estimate of drug-likeness (QED) is 0.883. The fourth-order valence-corrected chi connectivity index (χ4v) is 3.23. The molecule has 2 aromatic carbocycles. The van der Waals surface area contributed by atoms with Crippen LogP contribution in [0.15, 0.2) is 42.5 Å². The maximum Gasteiger partial charge on any atom is 0.231 e. The highest BCUT2D eigenvalue weighted by atomic mass is 16.7. The van der Waals surface area contributed by atoms with E-state index in [1.807, 2.05) is 43.3 Å². The molecule has 0 spiro atoms. The summed E-state index contributed by atoms with van der Waals surface area (Å²) in [5.41, 5.74) is 2.40. The Labute approximate surface area is 145 Å². The molecule has 6 heteroatoms. The first-order valence-corrected chi connectivity index (χ1v) is 8.10. The van der Waals surface area contributed by atoms with E-state index in [4.69, 9.17) is 14.9 Å². The number of nitrogens with zero attached hydrogens (tertiary/aromatic N) is 1. The zero-order valence-electron chi connectivity index (χ0n) is 14.1. The van der Waals surface area contributed by atoms with Gasteiger partial charge in [0.25, 0.3) is 0 Å². The number of rotatable bonds is 2. The van der Waals surface area contributed by atoms with Crippen LogP contribution in [0.3, 0.4) is 0 Å². The fourth-order valence-electron chi connectivity index (χ4n) is 3.23. The van der Waals surface area contributed by atoms with Gasteiger partial charge in [-0.25, -0.2) is 0 Å². The molecule has 2 heterocycles. The van der Waals surface area contributed by atoms with Crippen molar-refractivity contribution in [3.8, 4) is 22.6 Å². The van der Waals surface area contributed by atoms with Crippen LogP contribution in [0.1, 0.15) is 18.9 Å². The summed E-state index contributed by atoms with van der Waals surface area (Å²) in [7, 11) is 1.61. The lowest BCUT2D eigenvalue weighted by atomic mass is 9.85. The number of hydrogen-bond donors (Lipinski definition) is 2. The van der Waals surface area contributed by atoms with Gasteiger partial charge >= 0.3 is 0 Å². The number of nitrogens with one attached hydrogen (secondary N) is 2. The zero-order valence-corrected chi connectivity index (χ0v) is 14.1. The van der Waals surface area contributed by atoms with Crippen molar-refractivity contribution >= 4 is 11.9 Å². The Morgan fingerprint density at radius 1 is 1.12 bits per heavy atom. The van der Waals surface area contributed by atoms with Crippen LogP contribution in [0.4, 0.5) is 0 Å². The van der Waals surface area contributed by atoms with Crippen LogP contribution in [0.2, 0.25) is 0 Å². The number of amides is 1. The van der Waals surface area contributed by atoms with E-state index in [1.54, 1.807) is 7.05 Å². The molecule has 0 radical (unpaired) electrons. The van der Waals surface area contributed by atoms with Crippen molar-refractivity contribution in [2.24, 2.45) is 0 Å². The van der Waals surface area contributed by atoms with E-state index in [9.17, 15) is 4.79 Å². The molecule has 0 saturated carbocycles. The normalized spacial score (nSPS) is 22.1. The van der Waals surface area contributed by atoms with Crippen molar-refractivity contribution in [3.05, 3.63) is 48.0 Å². The molecule has 1 atom stereocenters. The van der Waals surface area contributed by atoms with E-state index in [-0.39, 0.29) is 18.7 Å². The highest BCUT2D eigenvalue weighted by Crippen LogP contribution is 2.37. The lowest BCUT2D eigenvalue weighted by Gasteiger charge is -2.39. The molecule has 2 N–H and O–H groups in total. The summed E-state index contributed by atoms with van der Waals surface area (Å²) in [6, 6.07) is 13.9. The molecular weight excluding hydrogens is 318 g/mol. The van der Waals surface area contributed by atoms with Gasteiger partial charge < -0.3 is 14.8 Å². The second kappa shape index (κ2) is 5.51. The predicted molar refractivity (Wildman–Crippen MR) is 93.6 cm³/mol. The number of fused-ring (bicyclic) bond motifs is 1. The molecule has 0 unspecified atom stereocenters. The summed E-state index contributed by atoms with van der Waals surface area (Å²) in [6.07, 6.45) is 0.302. The van der Waals surface area contributed by atoms with Crippen LogP contribution in [-0.2, 0) is 10.3 Å². The van der Waals surface area contributed by atoms with Crippen LogP contribution in [0, 0.1) is 5.41 Å². The minimum atomic E-state index is -0.604. The second-order valence-corrected chi connectivity index (χ2v) is 6.58. The molecule has 1 fully saturated rings. The smallest absolute Gasteiger partial charge is 0.231 e. The summed E-state index contributed by atoms with van der Waals surface area (Å²) >= 11 is 0. The molecule has 1 amide bonds. The van der Waals surface area contributed by atoms with Crippen molar-refractivity contribution in [2.45, 2.75) is 18.9 Å². The van der Waals surface area contributed by atoms with Crippen molar-refractivity contribution < 1.29 is 14.3 Å². The minimum absolute atomic E-state index is 0.0697. The number of ether oxygens (including phenoxy) is 2. The topological polar surface area (TPSA) is 74.7 Å². The Kier molecular flexibility index (Phi) is 3.42. The third kappa shape index (κ3) is 2.59. The van der Waals surface area contributed by atoms with Crippen LogP contribution < -0.4 is 14.8 Å². The van der Waals surface area contributed by atoms with Gasteiger partial charge in [-0.05, 0) is 41.8 Å². The van der Waals surface area contributed by atoms with Crippen LogP contribution in [-0.4, -0.2) is 30.6 Å². The van der Waals surface area contributed by atoms with Crippen molar-refractivity contribution in [3.63, 3.8) is 0 Å². The zero-order chi connectivity index (χ0) is 17.6. The number of carbonyl (C=O) groups is 1. The van der Waals surface area contributed by atoms with Crippen molar-refractivity contribution in [1.82, 2.24) is 10.2 Å². The Morgan fingerprint density at radius 3 is 2.68 bits per heavy atom. The van der Waals surface area contributed by atoms with Gasteiger partial charge in [0.15, 0.2) is 17.5 Å². The summed E-state index contributed by atoms with van der Waals surface area (Å²) in [6.45, 7) is 2.20. The Morgan fingerprint density at radius 2 is 1.88 bits per heavy atom. The first-order chi connectivity index (χ1) is 12.0. The molecular formula is C19H19N3O3. The molecule has 2 aliphatic rings. The van der Waals surface area contributed by atoms with Gasteiger partial charge in [-0.1, -0.05) is 24.3 Å². The standard InChI is InChI=1S/C19H19N3O3/c1-19(10-17(23)22(2)18(20)21-19)14-5-3-4-12(8-14)13-6-7-15-16(9-13)25-11-24-15/h3-9H,10-11H2,1-2H3,(H2,20,21)/t19-/m0/s1. The predicted octanol–water partition coefficient (Wildman–Crippen LogP) is 2.68. The number of guanidine groups is 1. The maximum atomic E-state index is 12.2. The van der Waals surface area contributed by atoms with Gasteiger partial charge in [0, 0.05) is 7.05 Å². The van der Waals surface area contributed by atoms with E-state index in [0.29, 0.717) is 6.42 Å². The van der Waals surface area contributed by atoms with E-state index in [0.717, 1.165) is 28.2 Å². The maximum absolute atomic E-state index is 12.2. The van der Waals surface area contributed by atoms with Gasteiger partial charge in [-0.2, -0.15) is 0 Å². The van der Waals surface area contributed by atoms with E-state index in [1.165, 1.54) is 4.90 Å². The molecule has 1 saturated heterocycles. The Bertz CT molecular complexity index is 860. The summed E-state index contributed by atoms with van der Waals surface area (Å²) in [5.74, 6) is 1.54. The largest absolute Gasteiger partial charge is 0.454 e. The second-order valence-electron chi connectivity index (χ2n) is 6.58. The number of hydrogen-bond acceptors (Lipinski definition) is 4. The fraction of sp³-hybridized carbons (Fsp3) is 0.263. The SMILES string of the molecule is CN1C(=N)N[C@](C)(c2cccc(-c3ccc4c(c3)OCO4)c2)CC1=O. The molecule has 128 valence electrons. The van der Waals surface area contributed by atoms with Gasteiger partial charge in [-0.3, -0.25) is 15.1 Å². The van der Waals surface area contributed by atoms with Gasteiger partial charge in [-0.15, -0.1) is 0 Å². The van der Waals surface area contributed by atoms with E-state index >= 15 is 0 Å². The molecule has 0 bridgehead atoms. The van der Waals surface area contributed by atoms with Crippen molar-refractivity contribution in [1.29, 1.82) is 5.41 Å². The number of carbonyl (C=O) groups excluding carboxylic acids is 1. The van der Waals surface area contributed by atoms with E-state index in [2.05, 4.69) is 11.4 Å². The Hall–Kier alpha value is -3.02. The minimum Gasteiger partial charge on any atom is -0.454 e. The molecule has 4 rings (SSSR count). The molecule has 25 heavy (non-hydrogen) atoms. The highest BCUT2D eigenvalue weighted by molar-refractivity contribution is 5.98. The van der Waals surface area contributed by atoms with Gasteiger partial charge in [0.1, 0.15) is 0 Å². The molecule has 0 aliphatic carbocycles. The van der Waals surface area contributed by atoms with Crippen molar-refractivity contribution in [2.75, 3.05) is 13.8 Å². The third-order valence-electron chi connectivity index (χ3n) is 4.81. The molecule has 6 nitrogen and oxygen atoms in total. The lowest BCUT2D eigenvalue weighted by Crippen LogP contribution is -2.58. The first kappa shape index (κ1) is 15.5. The van der Waals surface area contributed by atoms with Crippen LogP contribution in [0.25, 0.3) is 11.1 Å². The molecule has 2 aromatic rings. The van der Waals surface area contributed by atoms with Gasteiger partial charge in [0.05, 0.1) is 12.0 Å². The average Bonchev–Trinajstić information content (AvgIpc) is 3.07. The molecule has 2 aliphatic heterocycles. The van der Waals surface area contributed by atoms with Gasteiger partial charge in [0.2, 0.25) is 12.7 Å². The van der Waals surface area contributed by atoms with Crippen LogP contribution in [0.5, 0.6) is 11.5 Å².